The summed E-state index contributed by atoms with van der Waals surface area (Å²) in [4.78, 5) is 8.17. The Morgan fingerprint density at radius 3 is 2.78 bits per heavy atom. The van der Waals surface area contributed by atoms with Crippen LogP contribution in [0.2, 0.25) is 5.15 Å². The molecule has 0 radical (unpaired) electrons. The lowest BCUT2D eigenvalue weighted by Gasteiger charge is -2.08. The SMILES string of the molecule is Cc1nc(Cl)cc(Nc2ccc(Br)cc2C#N)n1. The van der Waals surface area contributed by atoms with E-state index in [4.69, 9.17) is 16.9 Å². The molecule has 0 aliphatic carbocycles. The molecule has 1 heterocycles. The molecule has 0 amide bonds. The van der Waals surface area contributed by atoms with Crippen molar-refractivity contribution in [2.45, 2.75) is 6.92 Å². The van der Waals surface area contributed by atoms with Gasteiger partial charge in [-0.1, -0.05) is 27.5 Å². The first-order valence-corrected chi connectivity index (χ1v) is 6.23. The summed E-state index contributed by atoms with van der Waals surface area (Å²) in [6, 6.07) is 9.11. The molecule has 6 heteroatoms. The highest BCUT2D eigenvalue weighted by atomic mass is 79.9. The third kappa shape index (κ3) is 2.97. The topological polar surface area (TPSA) is 61.6 Å². The second kappa shape index (κ2) is 5.34. The fourth-order valence-corrected chi connectivity index (χ4v) is 2.04. The molecule has 0 bridgehead atoms. The number of hydrogen-bond acceptors (Lipinski definition) is 4. The Morgan fingerprint density at radius 2 is 2.11 bits per heavy atom. The van der Waals surface area contributed by atoms with Gasteiger partial charge in [0.2, 0.25) is 0 Å². The molecule has 0 aliphatic rings. The molecule has 2 rings (SSSR count). The Bertz CT molecular complexity index is 616. The van der Waals surface area contributed by atoms with E-state index in [1.165, 1.54) is 0 Å². The van der Waals surface area contributed by atoms with Crippen LogP contribution < -0.4 is 5.32 Å². The molecule has 0 saturated carbocycles. The van der Waals surface area contributed by atoms with Crippen molar-refractivity contribution in [3.05, 3.63) is 45.3 Å². The first-order valence-electron chi connectivity index (χ1n) is 5.06. The normalized spacial score (nSPS) is 9.89. The van der Waals surface area contributed by atoms with Crippen LogP contribution in [0.3, 0.4) is 0 Å². The van der Waals surface area contributed by atoms with Crippen LogP contribution >= 0.6 is 27.5 Å². The summed E-state index contributed by atoms with van der Waals surface area (Å²) in [5, 5.41) is 12.5. The molecule has 0 aliphatic heterocycles. The maximum absolute atomic E-state index is 9.06. The van der Waals surface area contributed by atoms with Crippen LogP contribution in [-0.2, 0) is 0 Å². The van der Waals surface area contributed by atoms with Crippen LogP contribution in [0.4, 0.5) is 11.5 Å². The molecule has 1 aromatic carbocycles. The fourth-order valence-electron chi connectivity index (χ4n) is 1.45. The molecule has 0 saturated heterocycles. The van der Waals surface area contributed by atoms with E-state index in [2.05, 4.69) is 37.3 Å². The maximum atomic E-state index is 9.06. The summed E-state index contributed by atoms with van der Waals surface area (Å²) in [7, 11) is 0. The molecule has 0 spiro atoms. The zero-order valence-corrected chi connectivity index (χ0v) is 11.7. The number of benzene rings is 1. The smallest absolute Gasteiger partial charge is 0.135 e. The number of halogens is 2. The number of nitrogens with one attached hydrogen (secondary N) is 1. The number of nitriles is 1. The van der Waals surface area contributed by atoms with Crippen molar-refractivity contribution in [2.24, 2.45) is 0 Å². The van der Waals surface area contributed by atoms with Gasteiger partial charge in [-0.05, 0) is 25.1 Å². The summed E-state index contributed by atoms with van der Waals surface area (Å²) < 4.78 is 0.849. The predicted molar refractivity (Wildman–Crippen MR) is 73.9 cm³/mol. The highest BCUT2D eigenvalue weighted by molar-refractivity contribution is 9.10. The second-order valence-corrected chi connectivity index (χ2v) is 4.85. The number of nitrogens with zero attached hydrogens (tertiary/aromatic N) is 3. The Hall–Kier alpha value is -1.64. The van der Waals surface area contributed by atoms with Crippen molar-refractivity contribution in [2.75, 3.05) is 5.32 Å². The van der Waals surface area contributed by atoms with Crippen LogP contribution in [0.25, 0.3) is 0 Å². The number of aryl methyl sites for hydroxylation is 1. The number of hydrogen-bond donors (Lipinski definition) is 1. The molecule has 1 aromatic heterocycles. The van der Waals surface area contributed by atoms with Gasteiger partial charge in [-0.15, -0.1) is 0 Å². The zero-order chi connectivity index (χ0) is 13.1. The van der Waals surface area contributed by atoms with E-state index in [9.17, 15) is 0 Å². The monoisotopic (exact) mass is 322 g/mol. The van der Waals surface area contributed by atoms with Crippen molar-refractivity contribution in [1.29, 1.82) is 5.26 Å². The van der Waals surface area contributed by atoms with Gasteiger partial charge in [0.15, 0.2) is 0 Å². The molecule has 90 valence electrons. The Kier molecular flexibility index (Phi) is 3.80. The highest BCUT2D eigenvalue weighted by Crippen LogP contribution is 2.24. The van der Waals surface area contributed by atoms with E-state index in [0.29, 0.717) is 28.0 Å². The fraction of sp³-hybridized carbons (Fsp3) is 0.0833. The lowest BCUT2D eigenvalue weighted by atomic mass is 10.2. The van der Waals surface area contributed by atoms with Crippen molar-refractivity contribution < 1.29 is 0 Å². The Balaban J connectivity index is 2.37. The summed E-state index contributed by atoms with van der Waals surface area (Å²) in [5.41, 5.74) is 1.20. The number of anilines is 2. The van der Waals surface area contributed by atoms with Crippen LogP contribution in [-0.4, -0.2) is 9.97 Å². The molecule has 18 heavy (non-hydrogen) atoms. The third-order valence-corrected chi connectivity index (χ3v) is 2.86. The van der Waals surface area contributed by atoms with Crippen LogP contribution in [0.5, 0.6) is 0 Å². The Labute approximate surface area is 118 Å². The van der Waals surface area contributed by atoms with Crippen molar-refractivity contribution >= 4 is 39.0 Å². The average Bonchev–Trinajstić information content (AvgIpc) is 2.30. The lowest BCUT2D eigenvalue weighted by Crippen LogP contribution is -1.99. The summed E-state index contributed by atoms with van der Waals surface area (Å²) in [6.07, 6.45) is 0. The van der Waals surface area contributed by atoms with Crippen molar-refractivity contribution in [3.63, 3.8) is 0 Å². The first-order chi connectivity index (χ1) is 8.58. The average molecular weight is 324 g/mol. The summed E-state index contributed by atoms with van der Waals surface area (Å²) in [6.45, 7) is 1.75. The van der Waals surface area contributed by atoms with Gasteiger partial charge < -0.3 is 5.32 Å². The summed E-state index contributed by atoms with van der Waals surface area (Å²) in [5.74, 6) is 1.13. The van der Waals surface area contributed by atoms with Crippen LogP contribution in [0.15, 0.2) is 28.7 Å². The van der Waals surface area contributed by atoms with E-state index >= 15 is 0 Å². The van der Waals surface area contributed by atoms with E-state index in [1.807, 2.05) is 6.07 Å². The lowest BCUT2D eigenvalue weighted by molar-refractivity contribution is 1.06. The van der Waals surface area contributed by atoms with E-state index in [0.717, 1.165) is 4.47 Å². The van der Waals surface area contributed by atoms with E-state index in [-0.39, 0.29) is 0 Å². The van der Waals surface area contributed by atoms with Gasteiger partial charge in [0.05, 0.1) is 11.3 Å². The largest absolute Gasteiger partial charge is 0.339 e. The van der Waals surface area contributed by atoms with Gasteiger partial charge in [-0.3, -0.25) is 0 Å². The van der Waals surface area contributed by atoms with Gasteiger partial charge in [-0.25, -0.2) is 9.97 Å². The number of aromatic nitrogens is 2. The highest BCUT2D eigenvalue weighted by Gasteiger charge is 2.05. The summed E-state index contributed by atoms with van der Waals surface area (Å²) >= 11 is 9.17. The standard InChI is InChI=1S/C12H8BrClN4/c1-7-16-11(14)5-12(17-7)18-10-3-2-9(13)4-8(10)6-15/h2-5H,1H3,(H,16,17,18). The minimum absolute atomic E-state index is 0.362. The van der Waals surface area contributed by atoms with Gasteiger partial charge in [-0.2, -0.15) is 5.26 Å². The molecule has 2 aromatic rings. The molecule has 0 atom stereocenters. The predicted octanol–water partition coefficient (Wildman–Crippen LogP) is 3.82. The number of rotatable bonds is 2. The first kappa shape index (κ1) is 12.8. The molecule has 1 N–H and O–H groups in total. The molecule has 0 unspecified atom stereocenters. The second-order valence-electron chi connectivity index (χ2n) is 3.55. The van der Waals surface area contributed by atoms with Gasteiger partial charge in [0.1, 0.15) is 22.9 Å². The van der Waals surface area contributed by atoms with Gasteiger partial charge >= 0.3 is 0 Å². The maximum Gasteiger partial charge on any atom is 0.135 e. The van der Waals surface area contributed by atoms with Crippen molar-refractivity contribution in [1.82, 2.24) is 9.97 Å². The van der Waals surface area contributed by atoms with E-state index in [1.54, 1.807) is 25.1 Å². The van der Waals surface area contributed by atoms with E-state index < -0.39 is 0 Å². The third-order valence-electron chi connectivity index (χ3n) is 2.17. The Morgan fingerprint density at radius 1 is 1.33 bits per heavy atom. The minimum Gasteiger partial charge on any atom is -0.339 e. The molecular weight excluding hydrogens is 316 g/mol. The molecule has 4 nitrogen and oxygen atoms in total. The van der Waals surface area contributed by atoms with Crippen molar-refractivity contribution in [3.8, 4) is 6.07 Å². The van der Waals surface area contributed by atoms with Gasteiger partial charge in [0.25, 0.3) is 0 Å². The molecular formula is C12H8BrClN4. The van der Waals surface area contributed by atoms with Crippen LogP contribution in [0, 0.1) is 18.3 Å². The van der Waals surface area contributed by atoms with Gasteiger partial charge in [0, 0.05) is 10.5 Å². The van der Waals surface area contributed by atoms with Crippen LogP contribution in [0.1, 0.15) is 11.4 Å². The zero-order valence-electron chi connectivity index (χ0n) is 9.41. The molecule has 0 fully saturated rings. The minimum atomic E-state index is 0.362. The quantitative estimate of drug-likeness (QED) is 0.854.